The average Bonchev–Trinajstić information content (AvgIpc) is 2.83. The monoisotopic (exact) mass is 312 g/mol. The molecular formula is C13H13ClN2O3S. The van der Waals surface area contributed by atoms with Crippen molar-refractivity contribution in [3.05, 3.63) is 29.0 Å². The molecule has 1 N–H and O–H groups in total. The second-order valence-corrected chi connectivity index (χ2v) is 7.64. The Bertz CT molecular complexity index is 782. The molecule has 0 spiro atoms. The van der Waals surface area contributed by atoms with Gasteiger partial charge in [-0.25, -0.2) is 13.4 Å². The maximum absolute atomic E-state index is 12.6. The first kappa shape index (κ1) is 13.6. The summed E-state index contributed by atoms with van der Waals surface area (Å²) in [4.78, 5) is 19.5. The molecule has 0 saturated carbocycles. The zero-order valence-corrected chi connectivity index (χ0v) is 12.2. The van der Waals surface area contributed by atoms with Gasteiger partial charge in [-0.05, 0) is 18.9 Å². The molecular weight excluding hydrogens is 300 g/mol. The zero-order chi connectivity index (χ0) is 14.3. The van der Waals surface area contributed by atoms with Crippen LogP contribution in [0.25, 0.3) is 11.0 Å². The Hall–Kier alpha value is -1.40. The van der Waals surface area contributed by atoms with Crippen LogP contribution in [0.1, 0.15) is 29.6 Å². The molecule has 0 amide bonds. The van der Waals surface area contributed by atoms with Crippen LogP contribution in [0.4, 0.5) is 0 Å². The van der Waals surface area contributed by atoms with Crippen molar-refractivity contribution in [3.63, 3.8) is 0 Å². The molecule has 1 aliphatic heterocycles. The van der Waals surface area contributed by atoms with Gasteiger partial charge in [-0.2, -0.15) is 0 Å². The number of Topliss-reactive ketones (excluding diaryl/α,β-unsaturated/α-hetero) is 1. The third-order valence-electron chi connectivity index (χ3n) is 3.66. The van der Waals surface area contributed by atoms with Crippen molar-refractivity contribution < 1.29 is 13.2 Å². The maximum Gasteiger partial charge on any atom is 0.183 e. The Morgan fingerprint density at radius 2 is 2.20 bits per heavy atom. The van der Waals surface area contributed by atoms with Crippen LogP contribution in [-0.4, -0.2) is 35.2 Å². The minimum absolute atomic E-state index is 0.0811. The summed E-state index contributed by atoms with van der Waals surface area (Å²) < 4.78 is 24.1. The van der Waals surface area contributed by atoms with E-state index in [2.05, 4.69) is 9.97 Å². The Labute approximate surface area is 121 Å². The van der Waals surface area contributed by atoms with Crippen LogP contribution in [0, 0.1) is 0 Å². The number of rotatable bonds is 2. The molecule has 20 heavy (non-hydrogen) atoms. The fourth-order valence-electron chi connectivity index (χ4n) is 2.63. The number of carbonyl (C=O) groups excluding carboxylic acids is 1. The van der Waals surface area contributed by atoms with Gasteiger partial charge < -0.3 is 4.98 Å². The highest BCUT2D eigenvalue weighted by molar-refractivity contribution is 7.92. The maximum atomic E-state index is 12.6. The van der Waals surface area contributed by atoms with E-state index in [1.807, 2.05) is 0 Å². The predicted molar refractivity (Wildman–Crippen MR) is 76.9 cm³/mol. The topological polar surface area (TPSA) is 79.9 Å². The molecule has 106 valence electrons. The van der Waals surface area contributed by atoms with Gasteiger partial charge in [-0.1, -0.05) is 18.0 Å². The zero-order valence-electron chi connectivity index (χ0n) is 10.6. The van der Waals surface area contributed by atoms with E-state index in [-0.39, 0.29) is 11.5 Å². The molecule has 0 bridgehead atoms. The van der Waals surface area contributed by atoms with Gasteiger partial charge in [-0.15, -0.1) is 0 Å². The number of pyridine rings is 1. The summed E-state index contributed by atoms with van der Waals surface area (Å²) in [6, 6.07) is 1.59. The first-order valence-corrected chi connectivity index (χ1v) is 8.47. The summed E-state index contributed by atoms with van der Waals surface area (Å²) in [6.45, 7) is 0. The lowest BCUT2D eigenvalue weighted by Gasteiger charge is -2.20. The molecule has 1 fully saturated rings. The fourth-order valence-corrected chi connectivity index (χ4v) is 4.75. The van der Waals surface area contributed by atoms with Gasteiger partial charge >= 0.3 is 0 Å². The van der Waals surface area contributed by atoms with E-state index in [0.717, 1.165) is 6.42 Å². The highest BCUT2D eigenvalue weighted by atomic mass is 35.5. The normalized spacial score (nSPS) is 21.9. The predicted octanol–water partition coefficient (Wildman–Crippen LogP) is 2.37. The van der Waals surface area contributed by atoms with Crippen molar-refractivity contribution in [2.75, 3.05) is 5.75 Å². The van der Waals surface area contributed by atoms with Gasteiger partial charge in [0.15, 0.2) is 15.6 Å². The number of ketones is 1. The molecule has 1 unspecified atom stereocenters. The van der Waals surface area contributed by atoms with Crippen molar-refractivity contribution in [1.29, 1.82) is 0 Å². The molecule has 2 aromatic rings. The standard InChI is InChI=1S/C13H13ClN2O3S/c14-9-4-5-15-13-11(9)8(7-16-13)12(17)10-3-1-2-6-20(10,18)19/h4-5,7,10H,1-3,6H2,(H,15,16). The number of sulfone groups is 1. The van der Waals surface area contributed by atoms with E-state index in [4.69, 9.17) is 11.6 Å². The molecule has 3 heterocycles. The second-order valence-electron chi connectivity index (χ2n) is 4.93. The van der Waals surface area contributed by atoms with Crippen molar-refractivity contribution in [2.45, 2.75) is 24.5 Å². The fraction of sp³-hybridized carbons (Fsp3) is 0.385. The van der Waals surface area contributed by atoms with E-state index >= 15 is 0 Å². The number of carbonyl (C=O) groups is 1. The van der Waals surface area contributed by atoms with Crippen LogP contribution < -0.4 is 0 Å². The van der Waals surface area contributed by atoms with Gasteiger partial charge in [-0.3, -0.25) is 4.79 Å². The van der Waals surface area contributed by atoms with E-state index in [1.165, 1.54) is 12.4 Å². The summed E-state index contributed by atoms with van der Waals surface area (Å²) in [6.07, 6.45) is 4.79. The number of aromatic amines is 1. The van der Waals surface area contributed by atoms with Gasteiger partial charge in [0.05, 0.1) is 10.8 Å². The quantitative estimate of drug-likeness (QED) is 0.863. The van der Waals surface area contributed by atoms with E-state index in [0.29, 0.717) is 34.5 Å². The van der Waals surface area contributed by atoms with Gasteiger partial charge in [0.2, 0.25) is 0 Å². The van der Waals surface area contributed by atoms with Crippen molar-refractivity contribution in [2.24, 2.45) is 0 Å². The molecule has 0 aromatic carbocycles. The molecule has 1 saturated heterocycles. The lowest BCUT2D eigenvalue weighted by atomic mass is 10.0. The molecule has 0 aliphatic carbocycles. The Morgan fingerprint density at radius 3 is 2.95 bits per heavy atom. The SMILES string of the molecule is O=C(c1c[nH]c2nccc(Cl)c12)C1CCCCS1(=O)=O. The average molecular weight is 313 g/mol. The minimum Gasteiger partial charge on any atom is -0.345 e. The summed E-state index contributed by atoms with van der Waals surface area (Å²) >= 11 is 6.10. The largest absolute Gasteiger partial charge is 0.345 e. The Kier molecular flexibility index (Phi) is 3.30. The number of hydrogen-bond acceptors (Lipinski definition) is 4. The molecule has 3 rings (SSSR count). The van der Waals surface area contributed by atoms with E-state index in [1.54, 1.807) is 6.07 Å². The smallest absolute Gasteiger partial charge is 0.183 e. The first-order chi connectivity index (χ1) is 9.50. The number of aromatic nitrogens is 2. The van der Waals surface area contributed by atoms with Gasteiger partial charge in [0.25, 0.3) is 0 Å². The summed E-state index contributed by atoms with van der Waals surface area (Å²) in [7, 11) is -3.36. The molecule has 0 radical (unpaired) electrons. The Balaban J connectivity index is 2.09. The third kappa shape index (κ3) is 2.13. The van der Waals surface area contributed by atoms with Crippen molar-refractivity contribution in [3.8, 4) is 0 Å². The first-order valence-electron chi connectivity index (χ1n) is 6.38. The molecule has 1 atom stereocenters. The molecule has 2 aromatic heterocycles. The number of halogens is 1. The summed E-state index contributed by atoms with van der Waals surface area (Å²) in [5, 5.41) is -0.0562. The van der Waals surface area contributed by atoms with Crippen molar-refractivity contribution >= 4 is 38.3 Å². The number of fused-ring (bicyclic) bond motifs is 1. The number of H-pyrrole nitrogens is 1. The second kappa shape index (κ2) is 4.86. The molecule has 1 aliphatic rings. The number of nitrogens with one attached hydrogen (secondary N) is 1. The van der Waals surface area contributed by atoms with Crippen LogP contribution in [0.2, 0.25) is 5.02 Å². The summed E-state index contributed by atoms with van der Waals surface area (Å²) in [5.74, 6) is -0.302. The van der Waals surface area contributed by atoms with Crippen LogP contribution in [0.3, 0.4) is 0 Å². The van der Waals surface area contributed by atoms with Crippen LogP contribution in [0.5, 0.6) is 0 Å². The minimum atomic E-state index is -3.36. The van der Waals surface area contributed by atoms with Crippen LogP contribution in [-0.2, 0) is 9.84 Å². The van der Waals surface area contributed by atoms with Crippen LogP contribution >= 0.6 is 11.6 Å². The van der Waals surface area contributed by atoms with Gasteiger partial charge in [0, 0.05) is 23.3 Å². The van der Waals surface area contributed by atoms with Crippen LogP contribution in [0.15, 0.2) is 18.5 Å². The highest BCUT2D eigenvalue weighted by Gasteiger charge is 2.36. The Morgan fingerprint density at radius 1 is 1.40 bits per heavy atom. The summed E-state index contributed by atoms with van der Waals surface area (Å²) in [5.41, 5.74) is 0.808. The molecule has 5 nitrogen and oxygen atoms in total. The lowest BCUT2D eigenvalue weighted by Crippen LogP contribution is -2.35. The van der Waals surface area contributed by atoms with Gasteiger partial charge in [0.1, 0.15) is 10.9 Å². The number of hydrogen-bond donors (Lipinski definition) is 1. The van der Waals surface area contributed by atoms with E-state index < -0.39 is 15.1 Å². The molecule has 7 heteroatoms. The number of nitrogens with zero attached hydrogens (tertiary/aromatic N) is 1. The third-order valence-corrected chi connectivity index (χ3v) is 6.15. The highest BCUT2D eigenvalue weighted by Crippen LogP contribution is 2.29. The van der Waals surface area contributed by atoms with E-state index in [9.17, 15) is 13.2 Å². The lowest BCUT2D eigenvalue weighted by molar-refractivity contribution is 0.0983. The van der Waals surface area contributed by atoms with Crippen molar-refractivity contribution in [1.82, 2.24) is 9.97 Å².